The molecular formula is C10H15BrN2O5S2. The minimum atomic E-state index is -3.85. The molecule has 7 nitrogen and oxygen atoms in total. The Morgan fingerprint density at radius 3 is 2.45 bits per heavy atom. The Morgan fingerprint density at radius 1 is 1.25 bits per heavy atom. The third kappa shape index (κ3) is 4.70. The Kier molecular flexibility index (Phi) is 5.95. The lowest BCUT2D eigenvalue weighted by atomic mass is 10.3. The third-order valence-electron chi connectivity index (χ3n) is 2.39. The summed E-state index contributed by atoms with van der Waals surface area (Å²) in [5.41, 5.74) is 0. The molecule has 0 saturated heterocycles. The molecule has 0 aromatic heterocycles. The molecule has 20 heavy (non-hydrogen) atoms. The molecule has 0 spiro atoms. The molecule has 0 saturated carbocycles. The van der Waals surface area contributed by atoms with Gasteiger partial charge in [-0.15, -0.1) is 0 Å². The van der Waals surface area contributed by atoms with Gasteiger partial charge in [0, 0.05) is 11.0 Å². The van der Waals surface area contributed by atoms with E-state index in [-0.39, 0.29) is 22.9 Å². The number of hydrogen-bond donors (Lipinski definition) is 2. The van der Waals surface area contributed by atoms with Crippen LogP contribution in [0.3, 0.4) is 0 Å². The van der Waals surface area contributed by atoms with Crippen LogP contribution in [0.5, 0.6) is 5.75 Å². The van der Waals surface area contributed by atoms with Crippen LogP contribution in [0.25, 0.3) is 0 Å². The van der Waals surface area contributed by atoms with Crippen molar-refractivity contribution in [2.75, 3.05) is 26.5 Å². The predicted octanol–water partition coefficient (Wildman–Crippen LogP) is 0.285. The van der Waals surface area contributed by atoms with E-state index in [0.29, 0.717) is 4.47 Å². The first kappa shape index (κ1) is 17.4. The monoisotopic (exact) mass is 386 g/mol. The lowest BCUT2D eigenvalue weighted by Crippen LogP contribution is -2.33. The molecule has 0 amide bonds. The van der Waals surface area contributed by atoms with Crippen LogP contribution in [0, 0.1) is 0 Å². The van der Waals surface area contributed by atoms with Gasteiger partial charge >= 0.3 is 0 Å². The van der Waals surface area contributed by atoms with Crippen LogP contribution in [0.2, 0.25) is 0 Å². The van der Waals surface area contributed by atoms with Crippen LogP contribution in [-0.4, -0.2) is 43.3 Å². The summed E-state index contributed by atoms with van der Waals surface area (Å²) in [6.45, 7) is -0.235. The van der Waals surface area contributed by atoms with Gasteiger partial charge in [-0.1, -0.05) is 15.9 Å². The van der Waals surface area contributed by atoms with Crippen LogP contribution in [0.15, 0.2) is 27.6 Å². The third-order valence-corrected chi connectivity index (χ3v) is 5.73. The molecule has 0 radical (unpaired) electrons. The van der Waals surface area contributed by atoms with Crippen molar-refractivity contribution in [2.45, 2.75) is 4.90 Å². The van der Waals surface area contributed by atoms with E-state index in [1.807, 2.05) is 0 Å². The normalized spacial score (nSPS) is 12.3. The molecule has 1 rings (SSSR count). The van der Waals surface area contributed by atoms with E-state index in [0.717, 1.165) is 0 Å². The van der Waals surface area contributed by atoms with Gasteiger partial charge in [-0.3, -0.25) is 0 Å². The van der Waals surface area contributed by atoms with Gasteiger partial charge in [-0.05, 0) is 25.2 Å². The molecule has 114 valence electrons. The van der Waals surface area contributed by atoms with E-state index in [2.05, 4.69) is 25.4 Å². The van der Waals surface area contributed by atoms with E-state index in [4.69, 9.17) is 4.74 Å². The molecule has 0 aliphatic heterocycles. The molecule has 0 heterocycles. The molecular weight excluding hydrogens is 372 g/mol. The number of methoxy groups -OCH3 is 1. The summed E-state index contributed by atoms with van der Waals surface area (Å²) in [6.07, 6.45) is 0. The maximum atomic E-state index is 12.1. The molecule has 0 fully saturated rings. The standard InChI is InChI=1S/C10H15BrN2O5S2/c1-12-19(14,15)6-5-13-20(16,17)10-7-8(11)3-4-9(10)18-2/h3-4,7,12-13H,5-6H2,1-2H3. The van der Waals surface area contributed by atoms with Crippen LogP contribution in [0.4, 0.5) is 0 Å². The fourth-order valence-corrected chi connectivity index (χ4v) is 3.79. The lowest BCUT2D eigenvalue weighted by Gasteiger charge is -2.11. The van der Waals surface area contributed by atoms with E-state index >= 15 is 0 Å². The van der Waals surface area contributed by atoms with Crippen molar-refractivity contribution in [2.24, 2.45) is 0 Å². The molecule has 0 bridgehead atoms. The van der Waals surface area contributed by atoms with Crippen molar-refractivity contribution in [1.29, 1.82) is 0 Å². The van der Waals surface area contributed by atoms with Gasteiger partial charge in [0.1, 0.15) is 10.6 Å². The fourth-order valence-electron chi connectivity index (χ4n) is 1.35. The number of rotatable bonds is 7. The molecule has 2 N–H and O–H groups in total. The average Bonchev–Trinajstić information content (AvgIpc) is 2.38. The van der Waals surface area contributed by atoms with Gasteiger partial charge in [0.25, 0.3) is 0 Å². The quantitative estimate of drug-likeness (QED) is 0.700. The first-order valence-corrected chi connectivity index (χ1v) is 9.39. The number of hydrogen-bond acceptors (Lipinski definition) is 5. The maximum Gasteiger partial charge on any atom is 0.244 e. The summed E-state index contributed by atoms with van der Waals surface area (Å²) in [6, 6.07) is 4.53. The topological polar surface area (TPSA) is 102 Å². The Hall–Kier alpha value is -0.680. The lowest BCUT2D eigenvalue weighted by molar-refractivity contribution is 0.402. The van der Waals surface area contributed by atoms with Crippen LogP contribution in [0.1, 0.15) is 0 Å². The Balaban J connectivity index is 2.92. The van der Waals surface area contributed by atoms with E-state index in [1.165, 1.54) is 26.3 Å². The number of nitrogens with one attached hydrogen (secondary N) is 2. The second-order valence-electron chi connectivity index (χ2n) is 3.72. The van der Waals surface area contributed by atoms with Crippen molar-refractivity contribution in [3.05, 3.63) is 22.7 Å². The number of ether oxygens (including phenoxy) is 1. The number of sulfonamides is 2. The van der Waals surface area contributed by atoms with Gasteiger partial charge in [0.2, 0.25) is 20.0 Å². The minimum absolute atomic E-state index is 0.0590. The van der Waals surface area contributed by atoms with Gasteiger partial charge in [0.15, 0.2) is 0 Å². The van der Waals surface area contributed by atoms with Crippen molar-refractivity contribution in [3.63, 3.8) is 0 Å². The Morgan fingerprint density at radius 2 is 1.90 bits per heavy atom. The fraction of sp³-hybridized carbons (Fsp3) is 0.400. The summed E-state index contributed by atoms with van der Waals surface area (Å²) in [5, 5.41) is 0. The molecule has 1 aromatic carbocycles. The second kappa shape index (κ2) is 6.85. The molecule has 0 atom stereocenters. The molecule has 0 aliphatic rings. The molecule has 10 heteroatoms. The maximum absolute atomic E-state index is 12.1. The minimum Gasteiger partial charge on any atom is -0.495 e. The van der Waals surface area contributed by atoms with Crippen molar-refractivity contribution in [1.82, 2.24) is 9.44 Å². The van der Waals surface area contributed by atoms with Crippen LogP contribution >= 0.6 is 15.9 Å². The van der Waals surface area contributed by atoms with Gasteiger partial charge in [-0.2, -0.15) is 0 Å². The number of benzene rings is 1. The second-order valence-corrected chi connectivity index (χ2v) is 8.41. The van der Waals surface area contributed by atoms with Crippen LogP contribution < -0.4 is 14.2 Å². The average molecular weight is 387 g/mol. The highest BCUT2D eigenvalue weighted by Crippen LogP contribution is 2.26. The highest BCUT2D eigenvalue weighted by atomic mass is 79.9. The Labute approximate surface area is 126 Å². The molecule has 1 aromatic rings. The first-order valence-electron chi connectivity index (χ1n) is 5.46. The highest BCUT2D eigenvalue weighted by molar-refractivity contribution is 9.10. The molecule has 0 unspecified atom stereocenters. The zero-order valence-electron chi connectivity index (χ0n) is 10.9. The van der Waals surface area contributed by atoms with Crippen molar-refractivity contribution >= 4 is 36.0 Å². The zero-order valence-corrected chi connectivity index (χ0v) is 14.1. The van der Waals surface area contributed by atoms with Gasteiger partial charge in [-0.25, -0.2) is 26.3 Å². The van der Waals surface area contributed by atoms with E-state index < -0.39 is 20.0 Å². The first-order chi connectivity index (χ1) is 9.22. The van der Waals surface area contributed by atoms with Crippen LogP contribution in [-0.2, 0) is 20.0 Å². The SMILES string of the molecule is CNS(=O)(=O)CCNS(=O)(=O)c1cc(Br)ccc1OC. The predicted molar refractivity (Wildman–Crippen MR) is 78.7 cm³/mol. The summed E-state index contributed by atoms with van der Waals surface area (Å²) >= 11 is 3.18. The summed E-state index contributed by atoms with van der Waals surface area (Å²) < 4.78 is 56.5. The largest absolute Gasteiger partial charge is 0.495 e. The Bertz CT molecular complexity index is 673. The van der Waals surface area contributed by atoms with Crippen molar-refractivity contribution in [3.8, 4) is 5.75 Å². The molecule has 0 aliphatic carbocycles. The summed E-state index contributed by atoms with van der Waals surface area (Å²) in [5.74, 6) is -0.170. The highest BCUT2D eigenvalue weighted by Gasteiger charge is 2.20. The summed E-state index contributed by atoms with van der Waals surface area (Å²) in [4.78, 5) is -0.0590. The van der Waals surface area contributed by atoms with Gasteiger partial charge in [0.05, 0.1) is 12.9 Å². The number of halogens is 1. The van der Waals surface area contributed by atoms with E-state index in [9.17, 15) is 16.8 Å². The van der Waals surface area contributed by atoms with E-state index in [1.54, 1.807) is 6.07 Å². The summed E-state index contributed by atoms with van der Waals surface area (Å²) in [7, 11) is -4.70. The van der Waals surface area contributed by atoms with Crippen molar-refractivity contribution < 1.29 is 21.6 Å². The smallest absolute Gasteiger partial charge is 0.244 e. The zero-order chi connectivity index (χ0) is 15.4. The van der Waals surface area contributed by atoms with Gasteiger partial charge < -0.3 is 4.74 Å².